The molecule has 0 aliphatic carbocycles. The lowest BCUT2D eigenvalue weighted by atomic mass is 10.1. The third-order valence-corrected chi connectivity index (χ3v) is 5.94. The van der Waals surface area contributed by atoms with Crippen molar-refractivity contribution in [3.05, 3.63) is 123 Å². The first-order valence-electron chi connectivity index (χ1n) is 12.0. The van der Waals surface area contributed by atoms with Crippen LogP contribution < -0.4 is 15.9 Å². The van der Waals surface area contributed by atoms with E-state index in [2.05, 4.69) is 9.72 Å². The maximum atomic E-state index is 12.6. The van der Waals surface area contributed by atoms with E-state index in [-0.39, 0.29) is 11.1 Å². The molecule has 0 saturated carbocycles. The van der Waals surface area contributed by atoms with Crippen LogP contribution in [0.5, 0.6) is 5.75 Å². The molecule has 0 fully saturated rings. The second kappa shape index (κ2) is 12.4. The minimum Gasteiger partial charge on any atom is -0.492 e. The zero-order valence-corrected chi connectivity index (χ0v) is 21.4. The number of ether oxygens (including phenoxy) is 3. The fraction of sp³-hybridized carbons (Fsp3) is 0.133. The summed E-state index contributed by atoms with van der Waals surface area (Å²) in [7, 11) is 2.62. The summed E-state index contributed by atoms with van der Waals surface area (Å²) < 4.78 is 16.5. The van der Waals surface area contributed by atoms with Crippen LogP contribution in [0.4, 0.5) is 0 Å². The van der Waals surface area contributed by atoms with Crippen LogP contribution in [0.1, 0.15) is 20.7 Å². The largest absolute Gasteiger partial charge is 0.492 e. The molecule has 0 unspecified atom stereocenters. The number of aromatic amines is 1. The Hall–Kier alpha value is -5.18. The molecule has 0 amide bonds. The lowest BCUT2D eigenvalue weighted by Gasteiger charge is -2.09. The van der Waals surface area contributed by atoms with Crippen LogP contribution in [-0.4, -0.2) is 42.3 Å². The Labute approximate surface area is 223 Å². The molecule has 198 valence electrons. The second-order valence-corrected chi connectivity index (χ2v) is 8.37. The number of H-pyrrole nitrogens is 1. The smallest absolute Gasteiger partial charge is 0.337 e. The number of carbonyl (C=O) groups excluding carboxylic acids is 2. The number of rotatable bonds is 6. The fourth-order valence-electron chi connectivity index (χ4n) is 3.91. The standard InChI is InChI=1S/C19H17NO4.C11H9NO3/c1-23-19(22)15-8-7-14-9-10-20(18(21)17(14)13-15)11-12-24-16-5-3-2-4-6-16;1-15-11(14)8-3-2-7-4-5-12-10(13)9(7)6-8/h2-10,13H,11-12H2,1H3;2-6H,1H3,(H,12,13). The van der Waals surface area contributed by atoms with Crippen molar-refractivity contribution >= 4 is 33.5 Å². The average Bonchev–Trinajstić information content (AvgIpc) is 2.98. The SMILES string of the molecule is COC(=O)c1ccc2cc[nH]c(=O)c2c1.COC(=O)c1ccc2ccn(CCOc3ccccc3)c(=O)c2c1. The lowest BCUT2D eigenvalue weighted by molar-refractivity contribution is 0.0592. The predicted octanol–water partition coefficient (Wildman–Crippen LogP) is 4.18. The summed E-state index contributed by atoms with van der Waals surface area (Å²) in [5.74, 6) is -0.140. The predicted molar refractivity (Wildman–Crippen MR) is 147 cm³/mol. The van der Waals surface area contributed by atoms with Gasteiger partial charge in [0, 0.05) is 23.2 Å². The number of nitrogens with zero attached hydrogens (tertiary/aromatic N) is 1. The van der Waals surface area contributed by atoms with Gasteiger partial charge in [0.25, 0.3) is 11.1 Å². The molecule has 3 aromatic carbocycles. The van der Waals surface area contributed by atoms with Gasteiger partial charge in [0.05, 0.1) is 31.9 Å². The van der Waals surface area contributed by atoms with E-state index in [1.54, 1.807) is 53.4 Å². The van der Waals surface area contributed by atoms with Crippen molar-refractivity contribution in [3.8, 4) is 5.75 Å². The van der Waals surface area contributed by atoms with E-state index in [4.69, 9.17) is 9.47 Å². The zero-order chi connectivity index (χ0) is 27.8. The normalized spacial score (nSPS) is 10.4. The third kappa shape index (κ3) is 6.40. The number of methoxy groups -OCH3 is 2. The van der Waals surface area contributed by atoms with Gasteiger partial charge in [-0.05, 0) is 59.3 Å². The first-order chi connectivity index (χ1) is 18.9. The van der Waals surface area contributed by atoms with E-state index in [1.807, 2.05) is 36.4 Å². The van der Waals surface area contributed by atoms with Gasteiger partial charge in [-0.25, -0.2) is 9.59 Å². The minimum absolute atomic E-state index is 0.157. The Morgan fingerprint density at radius 2 is 1.38 bits per heavy atom. The van der Waals surface area contributed by atoms with E-state index < -0.39 is 11.9 Å². The van der Waals surface area contributed by atoms with Gasteiger partial charge in [0.1, 0.15) is 12.4 Å². The molecule has 39 heavy (non-hydrogen) atoms. The first-order valence-corrected chi connectivity index (χ1v) is 12.0. The molecule has 1 N–H and O–H groups in total. The van der Waals surface area contributed by atoms with Crippen molar-refractivity contribution in [1.82, 2.24) is 9.55 Å². The van der Waals surface area contributed by atoms with Gasteiger partial charge in [-0.3, -0.25) is 9.59 Å². The van der Waals surface area contributed by atoms with Crippen LogP contribution in [-0.2, 0) is 16.0 Å². The minimum atomic E-state index is -0.459. The highest BCUT2D eigenvalue weighted by Gasteiger charge is 2.10. The van der Waals surface area contributed by atoms with Crippen molar-refractivity contribution in [1.29, 1.82) is 0 Å². The zero-order valence-electron chi connectivity index (χ0n) is 21.4. The molecule has 2 aromatic heterocycles. The molecule has 0 atom stereocenters. The van der Waals surface area contributed by atoms with Crippen molar-refractivity contribution in [2.45, 2.75) is 6.54 Å². The number of carbonyl (C=O) groups is 2. The highest BCUT2D eigenvalue weighted by atomic mass is 16.5. The van der Waals surface area contributed by atoms with Crippen LogP contribution in [0.3, 0.4) is 0 Å². The van der Waals surface area contributed by atoms with Gasteiger partial charge < -0.3 is 23.8 Å². The molecule has 0 spiro atoms. The van der Waals surface area contributed by atoms with Crippen molar-refractivity contribution < 1.29 is 23.8 Å². The van der Waals surface area contributed by atoms with E-state index in [0.717, 1.165) is 16.5 Å². The highest BCUT2D eigenvalue weighted by Crippen LogP contribution is 2.14. The van der Waals surface area contributed by atoms with Crippen molar-refractivity contribution in [2.24, 2.45) is 0 Å². The van der Waals surface area contributed by atoms with Gasteiger partial charge in [0.15, 0.2) is 0 Å². The highest BCUT2D eigenvalue weighted by molar-refractivity contribution is 5.95. The van der Waals surface area contributed by atoms with Crippen LogP contribution in [0.25, 0.3) is 21.5 Å². The number of hydrogen-bond donors (Lipinski definition) is 1. The number of fused-ring (bicyclic) bond motifs is 2. The Morgan fingerprint density at radius 3 is 2.03 bits per heavy atom. The number of esters is 2. The molecule has 9 heteroatoms. The Bertz CT molecular complexity index is 1740. The van der Waals surface area contributed by atoms with Crippen LogP contribution in [0.2, 0.25) is 0 Å². The summed E-state index contributed by atoms with van der Waals surface area (Å²) in [5, 5.41) is 2.56. The summed E-state index contributed by atoms with van der Waals surface area (Å²) >= 11 is 0. The molecular formula is C30H26N2O7. The third-order valence-electron chi connectivity index (χ3n) is 5.94. The van der Waals surface area contributed by atoms with E-state index in [1.165, 1.54) is 20.3 Å². The molecule has 0 saturated heterocycles. The van der Waals surface area contributed by atoms with E-state index in [0.29, 0.717) is 35.1 Å². The lowest BCUT2D eigenvalue weighted by Crippen LogP contribution is -2.22. The van der Waals surface area contributed by atoms with Gasteiger partial charge in [-0.1, -0.05) is 30.3 Å². The van der Waals surface area contributed by atoms with Crippen LogP contribution in [0, 0.1) is 0 Å². The van der Waals surface area contributed by atoms with Gasteiger partial charge in [-0.2, -0.15) is 0 Å². The first kappa shape index (κ1) is 26.9. The fourth-order valence-corrected chi connectivity index (χ4v) is 3.91. The maximum absolute atomic E-state index is 12.6. The van der Waals surface area contributed by atoms with E-state index >= 15 is 0 Å². The maximum Gasteiger partial charge on any atom is 0.337 e. The molecule has 0 aliphatic heterocycles. The molecule has 2 heterocycles. The number of aromatic nitrogens is 2. The number of hydrogen-bond acceptors (Lipinski definition) is 7. The number of nitrogens with one attached hydrogen (secondary N) is 1. The number of para-hydroxylation sites is 1. The molecule has 9 nitrogen and oxygen atoms in total. The second-order valence-electron chi connectivity index (χ2n) is 8.37. The summed E-state index contributed by atoms with van der Waals surface area (Å²) in [4.78, 5) is 49.4. The molecule has 0 bridgehead atoms. The molecule has 0 radical (unpaired) electrons. The van der Waals surface area contributed by atoms with Gasteiger partial charge >= 0.3 is 11.9 Å². The van der Waals surface area contributed by atoms with Crippen LogP contribution in [0.15, 0.2) is 101 Å². The van der Waals surface area contributed by atoms with Crippen LogP contribution >= 0.6 is 0 Å². The monoisotopic (exact) mass is 526 g/mol. The summed E-state index contributed by atoms with van der Waals surface area (Å²) in [6.07, 6.45) is 3.30. The number of benzene rings is 3. The molecular weight excluding hydrogens is 500 g/mol. The van der Waals surface area contributed by atoms with Crippen molar-refractivity contribution in [2.75, 3.05) is 20.8 Å². The molecule has 5 aromatic rings. The van der Waals surface area contributed by atoms with E-state index in [9.17, 15) is 19.2 Å². The summed E-state index contributed by atoms with van der Waals surface area (Å²) in [6, 6.07) is 22.9. The van der Waals surface area contributed by atoms with Gasteiger partial charge in [0.2, 0.25) is 0 Å². The summed E-state index contributed by atoms with van der Waals surface area (Å²) in [5.41, 5.74) is 0.371. The topological polar surface area (TPSA) is 117 Å². The Morgan fingerprint density at radius 1 is 0.769 bits per heavy atom. The average molecular weight is 527 g/mol. The quantitative estimate of drug-likeness (QED) is 0.330. The number of pyridine rings is 2. The molecule has 5 rings (SSSR count). The van der Waals surface area contributed by atoms with Gasteiger partial charge in [-0.15, -0.1) is 0 Å². The van der Waals surface area contributed by atoms with Crippen molar-refractivity contribution in [3.63, 3.8) is 0 Å². The Balaban J connectivity index is 0.000000202. The molecule has 0 aliphatic rings. The summed E-state index contributed by atoms with van der Waals surface area (Å²) in [6.45, 7) is 0.804. The Kier molecular flexibility index (Phi) is 8.53.